The van der Waals surface area contributed by atoms with E-state index in [0.29, 0.717) is 12.1 Å². The number of carbonyl (C=O) groups excluding carboxylic acids is 1. The summed E-state index contributed by atoms with van der Waals surface area (Å²) in [7, 11) is 1.51. The molecule has 6 heteroatoms. The van der Waals surface area contributed by atoms with Crippen LogP contribution in [-0.2, 0) is 22.7 Å². The van der Waals surface area contributed by atoms with Crippen molar-refractivity contribution in [1.29, 1.82) is 0 Å². The minimum absolute atomic E-state index is 0. The first-order chi connectivity index (χ1) is 8.95. The summed E-state index contributed by atoms with van der Waals surface area (Å²) in [6, 6.07) is 4.16. The Labute approximate surface area is 125 Å². The van der Waals surface area contributed by atoms with Crippen molar-refractivity contribution in [2.45, 2.75) is 33.0 Å². The van der Waals surface area contributed by atoms with Crippen LogP contribution >= 0.6 is 12.4 Å². The zero-order valence-corrected chi connectivity index (χ0v) is 12.8. The van der Waals surface area contributed by atoms with Gasteiger partial charge in [0, 0.05) is 19.2 Å². The van der Waals surface area contributed by atoms with Crippen LogP contribution < -0.4 is 11.1 Å². The van der Waals surface area contributed by atoms with Crippen molar-refractivity contribution in [2.24, 2.45) is 11.7 Å². The van der Waals surface area contributed by atoms with Crippen molar-refractivity contribution in [3.63, 3.8) is 0 Å². The molecule has 0 aliphatic heterocycles. The number of halogens is 2. The maximum absolute atomic E-state index is 13.4. The van der Waals surface area contributed by atoms with E-state index < -0.39 is 6.04 Å². The maximum atomic E-state index is 13.4. The van der Waals surface area contributed by atoms with E-state index >= 15 is 0 Å². The highest BCUT2D eigenvalue weighted by Gasteiger charge is 2.16. The summed E-state index contributed by atoms with van der Waals surface area (Å²) in [6.45, 7) is 4.31. The van der Waals surface area contributed by atoms with E-state index in [0.717, 1.165) is 5.56 Å². The number of methoxy groups -OCH3 is 1. The monoisotopic (exact) mass is 304 g/mol. The van der Waals surface area contributed by atoms with Crippen molar-refractivity contribution in [2.75, 3.05) is 7.11 Å². The fourth-order valence-electron chi connectivity index (χ4n) is 1.61. The average Bonchev–Trinajstić information content (AvgIpc) is 2.38. The topological polar surface area (TPSA) is 64.3 Å². The number of hydrogen-bond donors (Lipinski definition) is 2. The molecule has 0 aliphatic rings. The van der Waals surface area contributed by atoms with Gasteiger partial charge < -0.3 is 15.8 Å². The molecule has 114 valence electrons. The van der Waals surface area contributed by atoms with Crippen molar-refractivity contribution < 1.29 is 13.9 Å². The Kier molecular flexibility index (Phi) is 8.37. The molecule has 0 spiro atoms. The first-order valence-corrected chi connectivity index (χ1v) is 6.25. The van der Waals surface area contributed by atoms with Crippen LogP contribution in [0.3, 0.4) is 0 Å². The van der Waals surface area contributed by atoms with Gasteiger partial charge in [-0.1, -0.05) is 19.9 Å². The molecule has 0 saturated carbocycles. The maximum Gasteiger partial charge on any atom is 0.237 e. The van der Waals surface area contributed by atoms with Crippen LogP contribution in [0.5, 0.6) is 0 Å². The van der Waals surface area contributed by atoms with Gasteiger partial charge in [0.1, 0.15) is 5.82 Å². The number of rotatable bonds is 6. The number of ether oxygens (including phenoxy) is 1. The number of hydrogen-bond acceptors (Lipinski definition) is 3. The van der Waals surface area contributed by atoms with E-state index in [-0.39, 0.29) is 36.7 Å². The standard InChI is InChI=1S/C14H21FN2O2.ClH/c1-9(2)13(16)14(18)17-7-10-4-5-12(15)11(6-10)8-19-3;/h4-6,9,13H,7-8,16H2,1-3H3,(H,17,18);1H/t13-;/m0./s1. The number of nitrogens with two attached hydrogens (primary N) is 1. The van der Waals surface area contributed by atoms with Crippen molar-refractivity contribution in [1.82, 2.24) is 5.32 Å². The Morgan fingerprint density at radius 3 is 2.65 bits per heavy atom. The third-order valence-electron chi connectivity index (χ3n) is 2.90. The van der Waals surface area contributed by atoms with Gasteiger partial charge in [-0.05, 0) is 23.6 Å². The van der Waals surface area contributed by atoms with Gasteiger partial charge in [-0.3, -0.25) is 4.79 Å². The van der Waals surface area contributed by atoms with E-state index in [9.17, 15) is 9.18 Å². The summed E-state index contributed by atoms with van der Waals surface area (Å²) >= 11 is 0. The third kappa shape index (κ3) is 5.45. The molecule has 4 nitrogen and oxygen atoms in total. The molecule has 20 heavy (non-hydrogen) atoms. The fraction of sp³-hybridized carbons (Fsp3) is 0.500. The molecule has 1 amide bonds. The second kappa shape index (κ2) is 8.89. The molecule has 0 unspecified atom stereocenters. The van der Waals surface area contributed by atoms with Gasteiger partial charge in [-0.15, -0.1) is 12.4 Å². The number of amides is 1. The van der Waals surface area contributed by atoms with Gasteiger partial charge in [0.25, 0.3) is 0 Å². The molecular formula is C14H22ClFN2O2. The van der Waals surface area contributed by atoms with Gasteiger partial charge in [-0.25, -0.2) is 4.39 Å². The second-order valence-corrected chi connectivity index (χ2v) is 4.85. The summed E-state index contributed by atoms with van der Waals surface area (Å²) in [5.74, 6) is -0.430. The van der Waals surface area contributed by atoms with E-state index in [1.165, 1.54) is 13.2 Å². The van der Waals surface area contributed by atoms with Crippen molar-refractivity contribution in [3.05, 3.63) is 35.1 Å². The Bertz CT molecular complexity index is 441. The molecule has 0 fully saturated rings. The molecule has 3 N–H and O–H groups in total. The van der Waals surface area contributed by atoms with Crippen LogP contribution in [-0.4, -0.2) is 19.1 Å². The largest absolute Gasteiger partial charge is 0.380 e. The first kappa shape index (κ1) is 18.8. The summed E-state index contributed by atoms with van der Waals surface area (Å²) < 4.78 is 18.3. The first-order valence-electron chi connectivity index (χ1n) is 6.25. The van der Waals surface area contributed by atoms with Gasteiger partial charge in [-0.2, -0.15) is 0 Å². The summed E-state index contributed by atoms with van der Waals surface area (Å²) in [5.41, 5.74) is 7.03. The van der Waals surface area contributed by atoms with Crippen LogP contribution in [0.4, 0.5) is 4.39 Å². The zero-order valence-electron chi connectivity index (χ0n) is 12.0. The second-order valence-electron chi connectivity index (χ2n) is 4.85. The minimum Gasteiger partial charge on any atom is -0.380 e. The molecule has 0 heterocycles. The van der Waals surface area contributed by atoms with Crippen molar-refractivity contribution in [3.8, 4) is 0 Å². The molecule has 0 aromatic heterocycles. The van der Waals surface area contributed by atoms with Gasteiger partial charge in [0.05, 0.1) is 12.6 Å². The summed E-state index contributed by atoms with van der Waals surface area (Å²) in [4.78, 5) is 11.7. The SMILES string of the molecule is COCc1cc(CNC(=O)[C@@H](N)C(C)C)ccc1F.Cl. The molecule has 0 aliphatic carbocycles. The van der Waals surface area contributed by atoms with E-state index in [1.807, 2.05) is 13.8 Å². The van der Waals surface area contributed by atoms with Crippen LogP contribution in [0.1, 0.15) is 25.0 Å². The molecule has 0 saturated heterocycles. The van der Waals surface area contributed by atoms with Crippen LogP contribution in [0.15, 0.2) is 18.2 Å². The predicted molar refractivity (Wildman–Crippen MR) is 79.0 cm³/mol. The normalized spacial score (nSPS) is 11.9. The summed E-state index contributed by atoms with van der Waals surface area (Å²) in [5, 5.41) is 2.74. The lowest BCUT2D eigenvalue weighted by Crippen LogP contribution is -2.43. The highest BCUT2D eigenvalue weighted by atomic mass is 35.5. The van der Waals surface area contributed by atoms with Crippen LogP contribution in [0.2, 0.25) is 0 Å². The number of carbonyl (C=O) groups is 1. The Balaban J connectivity index is 0.00000361. The third-order valence-corrected chi connectivity index (χ3v) is 2.90. The molecule has 1 aromatic carbocycles. The van der Waals surface area contributed by atoms with Gasteiger partial charge >= 0.3 is 0 Å². The summed E-state index contributed by atoms with van der Waals surface area (Å²) in [6.07, 6.45) is 0. The molecule has 0 bridgehead atoms. The lowest BCUT2D eigenvalue weighted by atomic mass is 10.0. The fourth-order valence-corrected chi connectivity index (χ4v) is 1.61. The lowest BCUT2D eigenvalue weighted by Gasteiger charge is -2.15. The highest BCUT2D eigenvalue weighted by Crippen LogP contribution is 2.11. The molecule has 0 radical (unpaired) electrons. The lowest BCUT2D eigenvalue weighted by molar-refractivity contribution is -0.123. The molecule has 1 aromatic rings. The van der Waals surface area contributed by atoms with Gasteiger partial charge in [0.2, 0.25) is 5.91 Å². The highest BCUT2D eigenvalue weighted by molar-refractivity contribution is 5.85. The molecule has 1 atom stereocenters. The van der Waals surface area contributed by atoms with E-state index in [4.69, 9.17) is 10.5 Å². The molecule has 1 rings (SSSR count). The van der Waals surface area contributed by atoms with E-state index in [1.54, 1.807) is 12.1 Å². The Hall–Kier alpha value is -1.17. The Morgan fingerprint density at radius 1 is 1.45 bits per heavy atom. The quantitative estimate of drug-likeness (QED) is 0.845. The Morgan fingerprint density at radius 2 is 2.10 bits per heavy atom. The molecular weight excluding hydrogens is 283 g/mol. The number of benzene rings is 1. The van der Waals surface area contributed by atoms with Gasteiger partial charge in [0.15, 0.2) is 0 Å². The number of nitrogens with one attached hydrogen (secondary N) is 1. The smallest absolute Gasteiger partial charge is 0.237 e. The minimum atomic E-state index is -0.529. The predicted octanol–water partition coefficient (Wildman–Crippen LogP) is 1.99. The van der Waals surface area contributed by atoms with E-state index in [2.05, 4.69) is 5.32 Å². The van der Waals surface area contributed by atoms with Crippen LogP contribution in [0.25, 0.3) is 0 Å². The van der Waals surface area contributed by atoms with Crippen LogP contribution in [0, 0.1) is 11.7 Å². The van der Waals surface area contributed by atoms with Crippen molar-refractivity contribution >= 4 is 18.3 Å². The zero-order chi connectivity index (χ0) is 14.4. The average molecular weight is 305 g/mol.